The molecule has 0 radical (unpaired) electrons. The fourth-order valence-electron chi connectivity index (χ4n) is 1.68. The van der Waals surface area contributed by atoms with Gasteiger partial charge in [0.15, 0.2) is 5.78 Å². The maximum Gasteiger partial charge on any atom is 0.150 e. The van der Waals surface area contributed by atoms with Crippen LogP contribution in [0.25, 0.3) is 0 Å². The number of ketones is 1. The number of hydrogen-bond acceptors (Lipinski definition) is 2. The van der Waals surface area contributed by atoms with Crippen molar-refractivity contribution >= 4 is 17.4 Å². The minimum absolute atomic E-state index is 0.0706. The topological polar surface area (TPSA) is 29.1 Å². The van der Waals surface area contributed by atoms with E-state index in [0.29, 0.717) is 13.0 Å². The molecule has 1 saturated carbocycles. The van der Waals surface area contributed by atoms with Crippen LogP contribution in [0, 0.1) is 11.7 Å². The molecule has 1 aromatic rings. The molecule has 1 aliphatic rings. The van der Waals surface area contributed by atoms with Crippen LogP contribution in [0.5, 0.6) is 0 Å². The SMILES string of the molecule is O=C(CNCC1CC1)Cc1ccc(F)c(Cl)c1. The highest BCUT2D eigenvalue weighted by Gasteiger charge is 2.20. The number of nitrogens with one attached hydrogen (secondary N) is 1. The maximum atomic E-state index is 12.9. The van der Waals surface area contributed by atoms with E-state index in [0.717, 1.165) is 18.0 Å². The van der Waals surface area contributed by atoms with Crippen molar-refractivity contribution in [1.29, 1.82) is 0 Å². The molecule has 0 amide bonds. The predicted octanol–water partition coefficient (Wildman–Crippen LogP) is 2.59. The molecule has 1 N–H and O–H groups in total. The normalized spacial score (nSPS) is 14.9. The third-order valence-electron chi connectivity index (χ3n) is 2.84. The number of halogens is 2. The second-order valence-corrected chi connectivity index (χ2v) is 4.95. The van der Waals surface area contributed by atoms with E-state index in [4.69, 9.17) is 11.6 Å². The highest BCUT2D eigenvalue weighted by atomic mass is 35.5. The first-order valence-electron chi connectivity index (χ1n) is 5.81. The molecule has 92 valence electrons. The molecule has 0 heterocycles. The minimum atomic E-state index is -0.449. The van der Waals surface area contributed by atoms with Gasteiger partial charge in [-0.15, -0.1) is 0 Å². The maximum absolute atomic E-state index is 12.9. The van der Waals surface area contributed by atoms with Crippen LogP contribution in [0.3, 0.4) is 0 Å². The standard InChI is InChI=1S/C13H15ClFNO/c14-12-6-10(3-4-13(12)15)5-11(17)8-16-7-9-1-2-9/h3-4,6,9,16H,1-2,5,7-8H2. The zero-order valence-electron chi connectivity index (χ0n) is 9.51. The van der Waals surface area contributed by atoms with Crippen molar-refractivity contribution in [2.24, 2.45) is 5.92 Å². The van der Waals surface area contributed by atoms with Gasteiger partial charge in [-0.1, -0.05) is 17.7 Å². The van der Waals surface area contributed by atoms with Gasteiger partial charge in [0.25, 0.3) is 0 Å². The largest absolute Gasteiger partial charge is 0.310 e. The monoisotopic (exact) mass is 255 g/mol. The number of carbonyl (C=O) groups is 1. The second kappa shape index (κ2) is 5.61. The van der Waals surface area contributed by atoms with E-state index in [1.165, 1.54) is 25.0 Å². The highest BCUT2D eigenvalue weighted by Crippen LogP contribution is 2.27. The molecule has 0 spiro atoms. The van der Waals surface area contributed by atoms with E-state index in [9.17, 15) is 9.18 Å². The number of Topliss-reactive ketones (excluding diaryl/α,β-unsaturated/α-hetero) is 1. The van der Waals surface area contributed by atoms with Gasteiger partial charge in [-0.25, -0.2) is 4.39 Å². The van der Waals surface area contributed by atoms with E-state index < -0.39 is 5.82 Å². The van der Waals surface area contributed by atoms with Crippen LogP contribution >= 0.6 is 11.6 Å². The van der Waals surface area contributed by atoms with E-state index in [1.807, 2.05) is 0 Å². The van der Waals surface area contributed by atoms with E-state index >= 15 is 0 Å². The van der Waals surface area contributed by atoms with Crippen LogP contribution in [0.2, 0.25) is 5.02 Å². The van der Waals surface area contributed by atoms with Crippen molar-refractivity contribution < 1.29 is 9.18 Å². The zero-order valence-corrected chi connectivity index (χ0v) is 10.3. The summed E-state index contributed by atoms with van der Waals surface area (Å²) in [4.78, 5) is 11.6. The smallest absolute Gasteiger partial charge is 0.150 e. The summed E-state index contributed by atoms with van der Waals surface area (Å²) in [6.07, 6.45) is 2.85. The van der Waals surface area contributed by atoms with Crippen molar-refractivity contribution in [1.82, 2.24) is 5.32 Å². The first-order valence-corrected chi connectivity index (χ1v) is 6.19. The summed E-state index contributed by atoms with van der Waals surface area (Å²) in [7, 11) is 0. The van der Waals surface area contributed by atoms with Crippen molar-refractivity contribution in [2.75, 3.05) is 13.1 Å². The number of benzene rings is 1. The average molecular weight is 256 g/mol. The lowest BCUT2D eigenvalue weighted by Gasteiger charge is -2.04. The molecule has 0 saturated heterocycles. The Kier molecular flexibility index (Phi) is 4.13. The van der Waals surface area contributed by atoms with E-state index in [2.05, 4.69) is 5.32 Å². The molecular formula is C13H15ClFNO. The molecule has 2 rings (SSSR count). The van der Waals surface area contributed by atoms with E-state index in [-0.39, 0.29) is 10.8 Å². The lowest BCUT2D eigenvalue weighted by molar-refractivity contribution is -0.117. The lowest BCUT2D eigenvalue weighted by atomic mass is 10.1. The lowest BCUT2D eigenvalue weighted by Crippen LogP contribution is -2.26. The average Bonchev–Trinajstić information content (AvgIpc) is 3.07. The molecule has 1 aromatic carbocycles. The minimum Gasteiger partial charge on any atom is -0.310 e. The molecule has 0 bridgehead atoms. The summed E-state index contributed by atoms with van der Waals surface area (Å²) in [6, 6.07) is 4.40. The first-order chi connectivity index (χ1) is 8.15. The molecule has 4 heteroatoms. The fraction of sp³-hybridized carbons (Fsp3) is 0.462. The third kappa shape index (κ3) is 4.10. The Morgan fingerprint density at radius 3 is 2.88 bits per heavy atom. The zero-order chi connectivity index (χ0) is 12.3. The Balaban J connectivity index is 1.77. The van der Waals surface area contributed by atoms with Crippen LogP contribution in [0.15, 0.2) is 18.2 Å². The van der Waals surface area contributed by atoms with Crippen molar-refractivity contribution in [3.63, 3.8) is 0 Å². The summed E-state index contributed by atoms with van der Waals surface area (Å²) in [5.74, 6) is 0.422. The molecule has 1 fully saturated rings. The van der Waals surface area contributed by atoms with Crippen molar-refractivity contribution in [2.45, 2.75) is 19.3 Å². The van der Waals surface area contributed by atoms with Gasteiger partial charge in [0.2, 0.25) is 0 Å². The van der Waals surface area contributed by atoms with Crippen LogP contribution < -0.4 is 5.32 Å². The van der Waals surface area contributed by atoms with E-state index in [1.54, 1.807) is 6.07 Å². The molecule has 0 aliphatic heterocycles. The van der Waals surface area contributed by atoms with Crippen LogP contribution in [0.4, 0.5) is 4.39 Å². The summed E-state index contributed by atoms with van der Waals surface area (Å²) in [5, 5.41) is 3.21. The Labute approximate surface area is 105 Å². The molecule has 0 atom stereocenters. The van der Waals surface area contributed by atoms with Gasteiger partial charge in [0.1, 0.15) is 5.82 Å². The molecule has 2 nitrogen and oxygen atoms in total. The van der Waals surface area contributed by atoms with Gasteiger partial charge in [0.05, 0.1) is 11.6 Å². The highest BCUT2D eigenvalue weighted by molar-refractivity contribution is 6.30. The summed E-state index contributed by atoms with van der Waals surface area (Å²) >= 11 is 5.65. The summed E-state index contributed by atoms with van der Waals surface area (Å²) in [5.41, 5.74) is 0.759. The van der Waals surface area contributed by atoms with Crippen molar-refractivity contribution in [3.05, 3.63) is 34.6 Å². The fourth-order valence-corrected chi connectivity index (χ4v) is 1.88. The van der Waals surface area contributed by atoms with Crippen LogP contribution in [-0.2, 0) is 11.2 Å². The van der Waals surface area contributed by atoms with Crippen molar-refractivity contribution in [3.8, 4) is 0 Å². The molecule has 17 heavy (non-hydrogen) atoms. The van der Waals surface area contributed by atoms with Gasteiger partial charge >= 0.3 is 0 Å². The van der Waals surface area contributed by atoms with Gasteiger partial charge in [0, 0.05) is 6.42 Å². The van der Waals surface area contributed by atoms with Crippen LogP contribution in [-0.4, -0.2) is 18.9 Å². The Hall–Kier alpha value is -0.930. The Morgan fingerprint density at radius 1 is 1.47 bits per heavy atom. The number of rotatable bonds is 6. The Morgan fingerprint density at radius 2 is 2.24 bits per heavy atom. The predicted molar refractivity (Wildman–Crippen MR) is 65.7 cm³/mol. The quantitative estimate of drug-likeness (QED) is 0.847. The van der Waals surface area contributed by atoms with Gasteiger partial charge in [-0.2, -0.15) is 0 Å². The van der Waals surface area contributed by atoms with Gasteiger partial charge < -0.3 is 5.32 Å². The number of hydrogen-bond donors (Lipinski definition) is 1. The molecule has 0 unspecified atom stereocenters. The van der Waals surface area contributed by atoms with Gasteiger partial charge in [-0.3, -0.25) is 4.79 Å². The number of carbonyl (C=O) groups excluding carboxylic acids is 1. The summed E-state index contributed by atoms with van der Waals surface area (Å²) < 4.78 is 12.9. The third-order valence-corrected chi connectivity index (χ3v) is 3.13. The molecule has 1 aliphatic carbocycles. The Bertz CT molecular complexity index is 418. The molecule has 0 aromatic heterocycles. The van der Waals surface area contributed by atoms with Gasteiger partial charge in [-0.05, 0) is 43.0 Å². The molecular weight excluding hydrogens is 241 g/mol. The summed E-state index contributed by atoms with van der Waals surface area (Å²) in [6.45, 7) is 1.31. The van der Waals surface area contributed by atoms with Crippen LogP contribution in [0.1, 0.15) is 18.4 Å². The second-order valence-electron chi connectivity index (χ2n) is 4.54. The first kappa shape index (κ1) is 12.5.